The fourth-order valence-corrected chi connectivity index (χ4v) is 4.14. The van der Waals surface area contributed by atoms with Gasteiger partial charge in [-0.1, -0.05) is 26.7 Å². The van der Waals surface area contributed by atoms with E-state index in [1.54, 1.807) is 12.1 Å². The van der Waals surface area contributed by atoms with Gasteiger partial charge in [0.15, 0.2) is 11.6 Å². The van der Waals surface area contributed by atoms with Gasteiger partial charge in [-0.2, -0.15) is 5.10 Å². The van der Waals surface area contributed by atoms with Crippen molar-refractivity contribution in [3.8, 4) is 11.4 Å². The summed E-state index contributed by atoms with van der Waals surface area (Å²) < 4.78 is 7.30. The van der Waals surface area contributed by atoms with Crippen LogP contribution < -0.4 is 5.32 Å². The van der Waals surface area contributed by atoms with Crippen LogP contribution in [0.1, 0.15) is 72.4 Å². The second-order valence-corrected chi connectivity index (χ2v) is 8.27. The van der Waals surface area contributed by atoms with E-state index in [2.05, 4.69) is 33.9 Å². The monoisotopic (exact) mass is 437 g/mol. The summed E-state index contributed by atoms with van der Waals surface area (Å²) in [5.74, 6) is 0.504. The number of anilines is 1. The quantitative estimate of drug-likeness (QED) is 0.507. The Bertz CT molecular complexity index is 1060. The Kier molecular flexibility index (Phi) is 6.78. The second-order valence-electron chi connectivity index (χ2n) is 8.27. The van der Waals surface area contributed by atoms with Crippen molar-refractivity contribution in [2.45, 2.75) is 58.9 Å². The third-order valence-corrected chi connectivity index (χ3v) is 5.92. The number of hydrogen-bond donors (Lipinski definition) is 2. The molecule has 1 aliphatic rings. The molecule has 0 aliphatic carbocycles. The molecule has 0 aromatic carbocycles. The number of nitrogens with one attached hydrogen (secondary N) is 2. The number of carbonyl (C=O) groups excluding carboxylic acids is 2. The average molecular weight is 438 g/mol. The molecule has 8 heteroatoms. The number of carbonyl (C=O) groups is 2. The standard InChI is InChI=1S/C24H31N5O3/c1-3-5-11-28(12-6-4-2)24(31)17-15-19-21-18(9-7-13-29(19)16-17)22(27-26-21)25-23(30)20-10-8-14-32-20/h8,10,14-16H,3-7,9,11-13H2,1-2H3,(H2,25,26,27,30). The number of amides is 2. The lowest BCUT2D eigenvalue weighted by Gasteiger charge is -2.21. The maximum absolute atomic E-state index is 13.3. The minimum Gasteiger partial charge on any atom is -0.459 e. The number of rotatable bonds is 9. The van der Waals surface area contributed by atoms with E-state index in [9.17, 15) is 9.59 Å². The summed E-state index contributed by atoms with van der Waals surface area (Å²) in [5, 5.41) is 10.3. The first-order chi connectivity index (χ1) is 15.6. The van der Waals surface area contributed by atoms with E-state index in [1.165, 1.54) is 6.26 Å². The molecule has 2 N–H and O–H groups in total. The van der Waals surface area contributed by atoms with Gasteiger partial charge < -0.3 is 19.2 Å². The zero-order valence-electron chi connectivity index (χ0n) is 18.8. The maximum atomic E-state index is 13.3. The smallest absolute Gasteiger partial charge is 0.292 e. The number of H-pyrrole nitrogens is 1. The fraction of sp³-hybridized carbons (Fsp3) is 0.458. The Morgan fingerprint density at radius 2 is 2.03 bits per heavy atom. The van der Waals surface area contributed by atoms with Crippen molar-refractivity contribution in [1.29, 1.82) is 0 Å². The van der Waals surface area contributed by atoms with Crippen LogP contribution in [0, 0.1) is 0 Å². The van der Waals surface area contributed by atoms with Gasteiger partial charge in [0.2, 0.25) is 0 Å². The molecule has 0 fully saturated rings. The van der Waals surface area contributed by atoms with Gasteiger partial charge in [0, 0.05) is 31.4 Å². The molecular formula is C24H31N5O3. The van der Waals surface area contributed by atoms with E-state index >= 15 is 0 Å². The second kappa shape index (κ2) is 9.89. The van der Waals surface area contributed by atoms with Crippen LogP contribution in [0.2, 0.25) is 0 Å². The van der Waals surface area contributed by atoms with Crippen LogP contribution in [0.4, 0.5) is 5.82 Å². The Hall–Kier alpha value is -3.29. The van der Waals surface area contributed by atoms with Gasteiger partial charge in [0.25, 0.3) is 11.8 Å². The summed E-state index contributed by atoms with van der Waals surface area (Å²) in [5.41, 5.74) is 3.44. The maximum Gasteiger partial charge on any atom is 0.292 e. The zero-order valence-corrected chi connectivity index (χ0v) is 18.8. The van der Waals surface area contributed by atoms with E-state index in [0.29, 0.717) is 11.4 Å². The largest absolute Gasteiger partial charge is 0.459 e. The molecule has 1 aliphatic heterocycles. The number of aromatic amines is 1. The zero-order chi connectivity index (χ0) is 22.5. The number of aryl methyl sites for hydroxylation is 1. The number of unbranched alkanes of at least 4 members (excludes halogenated alkanes) is 2. The van der Waals surface area contributed by atoms with Crippen molar-refractivity contribution >= 4 is 17.6 Å². The van der Waals surface area contributed by atoms with Gasteiger partial charge in [-0.3, -0.25) is 14.7 Å². The van der Waals surface area contributed by atoms with E-state index in [4.69, 9.17) is 4.42 Å². The molecule has 0 radical (unpaired) electrons. The molecule has 170 valence electrons. The third kappa shape index (κ3) is 4.49. The van der Waals surface area contributed by atoms with Gasteiger partial charge in [0.05, 0.1) is 23.2 Å². The highest BCUT2D eigenvalue weighted by Gasteiger charge is 2.25. The highest BCUT2D eigenvalue weighted by atomic mass is 16.3. The van der Waals surface area contributed by atoms with Crippen LogP contribution in [-0.2, 0) is 13.0 Å². The summed E-state index contributed by atoms with van der Waals surface area (Å²) in [6.45, 7) is 6.67. The summed E-state index contributed by atoms with van der Waals surface area (Å²) in [7, 11) is 0. The molecule has 8 nitrogen and oxygen atoms in total. The van der Waals surface area contributed by atoms with Crippen molar-refractivity contribution in [1.82, 2.24) is 19.7 Å². The van der Waals surface area contributed by atoms with Crippen LogP contribution >= 0.6 is 0 Å². The van der Waals surface area contributed by atoms with Gasteiger partial charge >= 0.3 is 0 Å². The molecule has 0 unspecified atom stereocenters. The third-order valence-electron chi connectivity index (χ3n) is 5.92. The Morgan fingerprint density at radius 1 is 1.25 bits per heavy atom. The highest BCUT2D eigenvalue weighted by molar-refractivity contribution is 6.02. The predicted octanol–water partition coefficient (Wildman–Crippen LogP) is 4.71. The van der Waals surface area contributed by atoms with Crippen LogP contribution in [0.25, 0.3) is 11.4 Å². The minimum absolute atomic E-state index is 0.0832. The SMILES string of the molecule is CCCCN(CCCC)C(=O)c1cc2n(c1)CCCc1c(NC(=O)c3ccco3)n[nH]c1-2. The first-order valence-corrected chi connectivity index (χ1v) is 11.5. The molecule has 4 heterocycles. The van der Waals surface area contributed by atoms with Crippen LogP contribution in [0.3, 0.4) is 0 Å². The van der Waals surface area contributed by atoms with Crippen LogP contribution in [0.15, 0.2) is 35.1 Å². The number of nitrogens with zero attached hydrogens (tertiary/aromatic N) is 3. The molecule has 32 heavy (non-hydrogen) atoms. The molecule has 3 aromatic rings. The minimum atomic E-state index is -0.331. The molecule has 0 saturated carbocycles. The van der Waals surface area contributed by atoms with Gasteiger partial charge in [0.1, 0.15) is 0 Å². The molecule has 0 atom stereocenters. The molecular weight excluding hydrogens is 406 g/mol. The molecule has 0 bridgehead atoms. The van der Waals surface area contributed by atoms with Crippen molar-refractivity contribution in [3.05, 3.63) is 47.5 Å². The number of hydrogen-bond acceptors (Lipinski definition) is 4. The van der Waals surface area contributed by atoms with Gasteiger partial charge in [-0.05, 0) is 43.9 Å². The molecule has 3 aromatic heterocycles. The lowest BCUT2D eigenvalue weighted by molar-refractivity contribution is 0.0751. The Labute approximate surface area is 188 Å². The Balaban J connectivity index is 1.59. The van der Waals surface area contributed by atoms with Crippen LogP contribution in [0.5, 0.6) is 0 Å². The highest BCUT2D eigenvalue weighted by Crippen LogP contribution is 2.33. The van der Waals surface area contributed by atoms with Crippen molar-refractivity contribution in [2.24, 2.45) is 0 Å². The number of aromatic nitrogens is 3. The van der Waals surface area contributed by atoms with Crippen molar-refractivity contribution < 1.29 is 14.0 Å². The van der Waals surface area contributed by atoms with E-state index < -0.39 is 0 Å². The van der Waals surface area contributed by atoms with Gasteiger partial charge in [-0.25, -0.2) is 0 Å². The van der Waals surface area contributed by atoms with E-state index in [0.717, 1.165) is 75.1 Å². The van der Waals surface area contributed by atoms with Crippen molar-refractivity contribution in [3.63, 3.8) is 0 Å². The molecule has 0 spiro atoms. The molecule has 0 saturated heterocycles. The molecule has 2 amide bonds. The lowest BCUT2D eigenvalue weighted by atomic mass is 10.1. The first kappa shape index (κ1) is 21.9. The fourth-order valence-electron chi connectivity index (χ4n) is 4.14. The molecule has 4 rings (SSSR count). The summed E-state index contributed by atoms with van der Waals surface area (Å²) >= 11 is 0. The topological polar surface area (TPSA) is 96.2 Å². The lowest BCUT2D eigenvalue weighted by Crippen LogP contribution is -2.32. The predicted molar refractivity (Wildman–Crippen MR) is 123 cm³/mol. The normalized spacial score (nSPS) is 12.7. The van der Waals surface area contributed by atoms with Gasteiger partial charge in [-0.15, -0.1) is 0 Å². The van der Waals surface area contributed by atoms with E-state index in [-0.39, 0.29) is 17.6 Å². The van der Waals surface area contributed by atoms with Crippen molar-refractivity contribution in [2.75, 3.05) is 18.4 Å². The van der Waals surface area contributed by atoms with Crippen LogP contribution in [-0.4, -0.2) is 44.6 Å². The summed E-state index contributed by atoms with van der Waals surface area (Å²) in [4.78, 5) is 27.7. The first-order valence-electron chi connectivity index (χ1n) is 11.5. The Morgan fingerprint density at radius 3 is 2.72 bits per heavy atom. The van der Waals surface area contributed by atoms with E-state index in [1.807, 2.05) is 17.2 Å². The number of fused-ring (bicyclic) bond motifs is 3. The average Bonchev–Trinajstić information content (AvgIpc) is 3.53. The summed E-state index contributed by atoms with van der Waals surface area (Å²) in [6.07, 6.45) is 9.23. The summed E-state index contributed by atoms with van der Waals surface area (Å²) in [6, 6.07) is 5.25. The number of furan rings is 1.